The molecule has 64 valence electrons. The van der Waals surface area contributed by atoms with Crippen LogP contribution in [-0.4, -0.2) is 35.6 Å². The summed E-state index contributed by atoms with van der Waals surface area (Å²) in [5.74, 6) is 0. The molecule has 0 amide bonds. The van der Waals surface area contributed by atoms with E-state index >= 15 is 0 Å². The Hall–Kier alpha value is -0.380. The minimum atomic E-state index is -0.397. The van der Waals surface area contributed by atoms with Crippen LogP contribution in [0.5, 0.6) is 0 Å². The summed E-state index contributed by atoms with van der Waals surface area (Å²) in [6.45, 7) is 0.712. The Bertz CT molecular complexity index is 133. The SMILES string of the molecule is OC/C=C/[C@H]1OCCC[C@@H]1O. The molecule has 0 aromatic carbocycles. The van der Waals surface area contributed by atoms with Crippen molar-refractivity contribution in [2.24, 2.45) is 0 Å². The number of hydrogen-bond donors (Lipinski definition) is 2. The lowest BCUT2D eigenvalue weighted by Gasteiger charge is -2.25. The van der Waals surface area contributed by atoms with Gasteiger partial charge >= 0.3 is 0 Å². The Balaban J connectivity index is 2.35. The quantitative estimate of drug-likeness (QED) is 0.559. The third-order valence-corrected chi connectivity index (χ3v) is 1.76. The number of aliphatic hydroxyl groups is 2. The molecule has 0 aromatic heterocycles. The van der Waals surface area contributed by atoms with Gasteiger partial charge in [0.1, 0.15) is 6.10 Å². The first-order valence-corrected chi connectivity index (χ1v) is 3.92. The summed E-state index contributed by atoms with van der Waals surface area (Å²) in [5.41, 5.74) is 0. The van der Waals surface area contributed by atoms with Gasteiger partial charge in [-0.2, -0.15) is 0 Å². The standard InChI is InChI=1S/C8H14O3/c9-5-1-4-8-7(10)3-2-6-11-8/h1,4,7-10H,2-3,5-6H2/b4-1+/t7-,8+/m0/s1. The third kappa shape index (κ3) is 2.61. The summed E-state index contributed by atoms with van der Waals surface area (Å²) in [4.78, 5) is 0. The highest BCUT2D eigenvalue weighted by Crippen LogP contribution is 2.14. The predicted molar refractivity (Wildman–Crippen MR) is 41.2 cm³/mol. The van der Waals surface area contributed by atoms with Crippen LogP contribution in [0.4, 0.5) is 0 Å². The first-order chi connectivity index (χ1) is 5.34. The van der Waals surface area contributed by atoms with Crippen LogP contribution in [-0.2, 0) is 4.74 Å². The molecule has 1 fully saturated rings. The second-order valence-corrected chi connectivity index (χ2v) is 2.66. The maximum Gasteiger partial charge on any atom is 0.102 e. The topological polar surface area (TPSA) is 49.7 Å². The Morgan fingerprint density at radius 3 is 3.00 bits per heavy atom. The fourth-order valence-corrected chi connectivity index (χ4v) is 1.17. The molecule has 1 aliphatic heterocycles. The predicted octanol–water partition coefficient (Wildman–Crippen LogP) is 0.0748. The van der Waals surface area contributed by atoms with Crippen molar-refractivity contribution >= 4 is 0 Å². The van der Waals surface area contributed by atoms with Crippen molar-refractivity contribution in [3.63, 3.8) is 0 Å². The molecule has 1 saturated heterocycles. The maximum atomic E-state index is 9.34. The van der Waals surface area contributed by atoms with Crippen molar-refractivity contribution in [3.8, 4) is 0 Å². The van der Waals surface area contributed by atoms with Gasteiger partial charge in [-0.05, 0) is 12.8 Å². The van der Waals surface area contributed by atoms with E-state index < -0.39 is 6.10 Å². The van der Waals surface area contributed by atoms with Gasteiger partial charge in [-0.25, -0.2) is 0 Å². The molecule has 0 spiro atoms. The molecule has 1 aliphatic rings. The zero-order chi connectivity index (χ0) is 8.10. The molecule has 0 bridgehead atoms. The molecule has 1 heterocycles. The van der Waals surface area contributed by atoms with E-state index in [0.717, 1.165) is 12.8 Å². The van der Waals surface area contributed by atoms with Gasteiger partial charge in [0.2, 0.25) is 0 Å². The fourth-order valence-electron chi connectivity index (χ4n) is 1.17. The monoisotopic (exact) mass is 158 g/mol. The highest BCUT2D eigenvalue weighted by Gasteiger charge is 2.20. The second kappa shape index (κ2) is 4.49. The van der Waals surface area contributed by atoms with Crippen molar-refractivity contribution in [2.75, 3.05) is 13.2 Å². The van der Waals surface area contributed by atoms with Gasteiger partial charge in [-0.15, -0.1) is 0 Å². The summed E-state index contributed by atoms with van der Waals surface area (Å²) in [6, 6.07) is 0. The van der Waals surface area contributed by atoms with E-state index in [4.69, 9.17) is 9.84 Å². The summed E-state index contributed by atoms with van der Waals surface area (Å²) >= 11 is 0. The molecule has 0 saturated carbocycles. The molecular formula is C8H14O3. The van der Waals surface area contributed by atoms with E-state index in [2.05, 4.69) is 0 Å². The minimum Gasteiger partial charge on any atom is -0.392 e. The van der Waals surface area contributed by atoms with Crippen molar-refractivity contribution in [3.05, 3.63) is 12.2 Å². The summed E-state index contributed by atoms with van der Waals surface area (Å²) in [7, 11) is 0. The molecule has 0 aromatic rings. The van der Waals surface area contributed by atoms with Crippen LogP contribution in [0.15, 0.2) is 12.2 Å². The van der Waals surface area contributed by atoms with Gasteiger partial charge in [0.25, 0.3) is 0 Å². The molecule has 1 rings (SSSR count). The lowest BCUT2D eigenvalue weighted by molar-refractivity contribution is -0.0485. The smallest absolute Gasteiger partial charge is 0.102 e. The van der Waals surface area contributed by atoms with Crippen LogP contribution in [0.25, 0.3) is 0 Å². The Kier molecular flexibility index (Phi) is 3.56. The van der Waals surface area contributed by atoms with Crippen molar-refractivity contribution in [2.45, 2.75) is 25.0 Å². The molecule has 2 atom stereocenters. The van der Waals surface area contributed by atoms with Crippen LogP contribution in [0, 0.1) is 0 Å². The van der Waals surface area contributed by atoms with Crippen molar-refractivity contribution in [1.82, 2.24) is 0 Å². The highest BCUT2D eigenvalue weighted by atomic mass is 16.5. The van der Waals surface area contributed by atoms with Gasteiger partial charge < -0.3 is 14.9 Å². The summed E-state index contributed by atoms with van der Waals surface area (Å²) in [5, 5.41) is 17.8. The molecule has 11 heavy (non-hydrogen) atoms. The zero-order valence-electron chi connectivity index (χ0n) is 6.44. The summed E-state index contributed by atoms with van der Waals surface area (Å²) < 4.78 is 5.24. The van der Waals surface area contributed by atoms with Crippen LogP contribution in [0.2, 0.25) is 0 Å². The minimum absolute atomic E-state index is 0.00653. The number of rotatable bonds is 2. The van der Waals surface area contributed by atoms with Gasteiger partial charge in [0, 0.05) is 6.61 Å². The lowest BCUT2D eigenvalue weighted by atomic mass is 10.1. The molecule has 2 N–H and O–H groups in total. The second-order valence-electron chi connectivity index (χ2n) is 2.66. The van der Waals surface area contributed by atoms with Crippen LogP contribution in [0.1, 0.15) is 12.8 Å². The van der Waals surface area contributed by atoms with Gasteiger partial charge in [0.05, 0.1) is 12.7 Å². The molecule has 0 unspecified atom stereocenters. The number of hydrogen-bond acceptors (Lipinski definition) is 3. The average Bonchev–Trinajstić information content (AvgIpc) is 2.03. The van der Waals surface area contributed by atoms with Crippen molar-refractivity contribution in [1.29, 1.82) is 0 Å². The molecule has 0 aliphatic carbocycles. The van der Waals surface area contributed by atoms with Crippen molar-refractivity contribution < 1.29 is 14.9 Å². The van der Waals surface area contributed by atoms with Gasteiger partial charge in [0.15, 0.2) is 0 Å². The van der Waals surface area contributed by atoms with E-state index in [1.54, 1.807) is 12.2 Å². The van der Waals surface area contributed by atoms with Gasteiger partial charge in [-0.1, -0.05) is 12.2 Å². The maximum absolute atomic E-state index is 9.34. The van der Waals surface area contributed by atoms with E-state index in [1.807, 2.05) is 0 Å². The van der Waals surface area contributed by atoms with E-state index in [9.17, 15) is 5.11 Å². The van der Waals surface area contributed by atoms with E-state index in [1.165, 1.54) is 0 Å². The lowest BCUT2D eigenvalue weighted by Crippen LogP contribution is -2.32. The average molecular weight is 158 g/mol. The third-order valence-electron chi connectivity index (χ3n) is 1.76. The van der Waals surface area contributed by atoms with E-state index in [-0.39, 0.29) is 12.7 Å². The zero-order valence-corrected chi connectivity index (χ0v) is 6.44. The van der Waals surface area contributed by atoms with Gasteiger partial charge in [-0.3, -0.25) is 0 Å². The summed E-state index contributed by atoms with van der Waals surface area (Å²) in [6.07, 6.45) is 4.41. The van der Waals surface area contributed by atoms with Crippen LogP contribution < -0.4 is 0 Å². The number of ether oxygens (including phenoxy) is 1. The Morgan fingerprint density at radius 1 is 1.55 bits per heavy atom. The normalized spacial score (nSPS) is 32.9. The van der Waals surface area contributed by atoms with E-state index in [0.29, 0.717) is 6.61 Å². The largest absolute Gasteiger partial charge is 0.392 e. The first kappa shape index (κ1) is 8.71. The molecule has 3 nitrogen and oxygen atoms in total. The highest BCUT2D eigenvalue weighted by molar-refractivity contribution is 4.94. The Morgan fingerprint density at radius 2 is 2.36 bits per heavy atom. The number of aliphatic hydroxyl groups excluding tert-OH is 2. The Labute approximate surface area is 66.3 Å². The molecule has 3 heteroatoms. The van der Waals surface area contributed by atoms with Crippen LogP contribution in [0.3, 0.4) is 0 Å². The van der Waals surface area contributed by atoms with Crippen LogP contribution >= 0.6 is 0 Å². The fraction of sp³-hybridized carbons (Fsp3) is 0.750. The molecular weight excluding hydrogens is 144 g/mol. The molecule has 0 radical (unpaired) electrons. The first-order valence-electron chi connectivity index (χ1n) is 3.92.